The van der Waals surface area contributed by atoms with Gasteiger partial charge in [-0.05, 0) is 12.1 Å². The number of nitrogens with zero attached hydrogens (tertiary/aromatic N) is 2. The molecule has 1 aromatic heterocycles. The standard InChI is InChI=1S/C14H14N2O/c1-16(2)12-8-9-15-13(10-12)14(17)11-6-4-3-5-7-11/h3-10H,1-2H3. The van der Waals surface area contributed by atoms with E-state index in [0.717, 1.165) is 5.69 Å². The molecular formula is C14H14N2O. The first-order valence-corrected chi connectivity index (χ1v) is 5.41. The number of pyridine rings is 1. The molecule has 0 fully saturated rings. The third-order valence-corrected chi connectivity index (χ3v) is 2.53. The number of hydrogen-bond acceptors (Lipinski definition) is 3. The Bertz CT molecular complexity index is 521. The molecule has 3 nitrogen and oxygen atoms in total. The van der Waals surface area contributed by atoms with Crippen LogP contribution in [0.3, 0.4) is 0 Å². The van der Waals surface area contributed by atoms with Crippen LogP contribution in [-0.4, -0.2) is 24.9 Å². The van der Waals surface area contributed by atoms with Gasteiger partial charge in [-0.25, -0.2) is 0 Å². The predicted octanol–water partition coefficient (Wildman–Crippen LogP) is 2.38. The molecule has 0 unspecified atom stereocenters. The highest BCUT2D eigenvalue weighted by Crippen LogP contribution is 2.14. The molecule has 0 aliphatic rings. The number of rotatable bonds is 3. The molecule has 0 saturated heterocycles. The topological polar surface area (TPSA) is 33.2 Å². The summed E-state index contributed by atoms with van der Waals surface area (Å²) in [5.41, 5.74) is 2.11. The van der Waals surface area contributed by atoms with Crippen molar-refractivity contribution in [2.45, 2.75) is 0 Å². The van der Waals surface area contributed by atoms with E-state index in [1.165, 1.54) is 0 Å². The Labute approximate surface area is 101 Å². The summed E-state index contributed by atoms with van der Waals surface area (Å²) < 4.78 is 0. The zero-order valence-electron chi connectivity index (χ0n) is 9.92. The molecule has 0 amide bonds. The molecule has 3 heteroatoms. The molecule has 0 spiro atoms. The minimum atomic E-state index is -0.0469. The third-order valence-electron chi connectivity index (χ3n) is 2.53. The third kappa shape index (κ3) is 2.50. The van der Waals surface area contributed by atoms with Gasteiger partial charge in [-0.3, -0.25) is 9.78 Å². The Morgan fingerprint density at radius 3 is 2.47 bits per heavy atom. The maximum atomic E-state index is 12.1. The molecule has 0 saturated carbocycles. The van der Waals surface area contributed by atoms with E-state index in [1.807, 2.05) is 43.3 Å². The Kier molecular flexibility index (Phi) is 3.19. The van der Waals surface area contributed by atoms with Gasteiger partial charge in [-0.1, -0.05) is 30.3 Å². The zero-order valence-corrected chi connectivity index (χ0v) is 9.92. The lowest BCUT2D eigenvalue weighted by Gasteiger charge is -2.12. The van der Waals surface area contributed by atoms with E-state index in [1.54, 1.807) is 24.4 Å². The molecule has 0 N–H and O–H groups in total. The fraction of sp³-hybridized carbons (Fsp3) is 0.143. The van der Waals surface area contributed by atoms with Crippen molar-refractivity contribution in [2.24, 2.45) is 0 Å². The number of aromatic nitrogens is 1. The quantitative estimate of drug-likeness (QED) is 0.753. The first-order chi connectivity index (χ1) is 8.18. The van der Waals surface area contributed by atoms with Gasteiger partial charge in [0.05, 0.1) is 0 Å². The monoisotopic (exact) mass is 226 g/mol. The first-order valence-electron chi connectivity index (χ1n) is 5.41. The summed E-state index contributed by atoms with van der Waals surface area (Å²) in [4.78, 5) is 18.2. The van der Waals surface area contributed by atoms with E-state index in [4.69, 9.17) is 0 Å². The average Bonchev–Trinajstić information content (AvgIpc) is 2.39. The Hall–Kier alpha value is -2.16. The smallest absolute Gasteiger partial charge is 0.211 e. The van der Waals surface area contributed by atoms with Crippen LogP contribution in [0.4, 0.5) is 5.69 Å². The summed E-state index contributed by atoms with van der Waals surface area (Å²) in [6, 6.07) is 12.9. The second-order valence-corrected chi connectivity index (χ2v) is 3.99. The van der Waals surface area contributed by atoms with Gasteiger partial charge in [0.15, 0.2) is 0 Å². The summed E-state index contributed by atoms with van der Waals surface area (Å²) in [6.07, 6.45) is 1.66. The van der Waals surface area contributed by atoms with Gasteiger partial charge >= 0.3 is 0 Å². The molecule has 1 heterocycles. The van der Waals surface area contributed by atoms with Crippen molar-refractivity contribution in [1.29, 1.82) is 0 Å². The SMILES string of the molecule is CN(C)c1ccnc(C(=O)c2ccccc2)c1. The van der Waals surface area contributed by atoms with Crippen LogP contribution >= 0.6 is 0 Å². The van der Waals surface area contributed by atoms with E-state index < -0.39 is 0 Å². The van der Waals surface area contributed by atoms with Gasteiger partial charge < -0.3 is 4.90 Å². The number of hydrogen-bond donors (Lipinski definition) is 0. The molecule has 0 aliphatic carbocycles. The second kappa shape index (κ2) is 4.78. The van der Waals surface area contributed by atoms with Crippen molar-refractivity contribution in [3.63, 3.8) is 0 Å². The molecule has 0 radical (unpaired) electrons. The zero-order chi connectivity index (χ0) is 12.3. The first kappa shape index (κ1) is 11.3. The largest absolute Gasteiger partial charge is 0.378 e. The molecule has 0 aliphatic heterocycles. The lowest BCUT2D eigenvalue weighted by atomic mass is 10.1. The summed E-state index contributed by atoms with van der Waals surface area (Å²) in [7, 11) is 3.87. The van der Waals surface area contributed by atoms with Crippen molar-refractivity contribution < 1.29 is 4.79 Å². The van der Waals surface area contributed by atoms with Crippen LogP contribution in [0.5, 0.6) is 0 Å². The minimum Gasteiger partial charge on any atom is -0.378 e. The normalized spacial score (nSPS) is 10.0. The number of benzene rings is 1. The maximum Gasteiger partial charge on any atom is 0.211 e. The van der Waals surface area contributed by atoms with Crippen molar-refractivity contribution in [3.05, 3.63) is 59.9 Å². The Balaban J connectivity index is 2.35. The molecule has 0 bridgehead atoms. The van der Waals surface area contributed by atoms with E-state index in [-0.39, 0.29) is 5.78 Å². The van der Waals surface area contributed by atoms with Gasteiger partial charge in [0, 0.05) is 31.5 Å². The Morgan fingerprint density at radius 1 is 1.12 bits per heavy atom. The lowest BCUT2D eigenvalue weighted by Crippen LogP contribution is -2.11. The lowest BCUT2D eigenvalue weighted by molar-refractivity contribution is 0.103. The summed E-state index contributed by atoms with van der Waals surface area (Å²) in [5, 5.41) is 0. The highest BCUT2D eigenvalue weighted by atomic mass is 16.1. The highest BCUT2D eigenvalue weighted by molar-refractivity contribution is 6.08. The van der Waals surface area contributed by atoms with Crippen molar-refractivity contribution in [2.75, 3.05) is 19.0 Å². The number of anilines is 1. The van der Waals surface area contributed by atoms with E-state index >= 15 is 0 Å². The highest BCUT2D eigenvalue weighted by Gasteiger charge is 2.10. The van der Waals surface area contributed by atoms with E-state index in [0.29, 0.717) is 11.3 Å². The predicted molar refractivity (Wildman–Crippen MR) is 68.4 cm³/mol. The average molecular weight is 226 g/mol. The van der Waals surface area contributed by atoms with Gasteiger partial charge in [-0.2, -0.15) is 0 Å². The molecule has 2 aromatic rings. The minimum absolute atomic E-state index is 0.0469. The van der Waals surface area contributed by atoms with Gasteiger partial charge in [-0.15, -0.1) is 0 Å². The van der Waals surface area contributed by atoms with Crippen LogP contribution in [0.15, 0.2) is 48.7 Å². The molecule has 0 atom stereocenters. The molecule has 1 aromatic carbocycles. The maximum absolute atomic E-state index is 12.1. The van der Waals surface area contributed by atoms with Crippen LogP contribution in [0.2, 0.25) is 0 Å². The molecule has 2 rings (SSSR count). The van der Waals surface area contributed by atoms with Crippen LogP contribution in [0.1, 0.15) is 16.1 Å². The number of carbonyl (C=O) groups is 1. The number of carbonyl (C=O) groups excluding carboxylic acids is 1. The van der Waals surface area contributed by atoms with Gasteiger partial charge in [0.2, 0.25) is 5.78 Å². The van der Waals surface area contributed by atoms with Crippen molar-refractivity contribution in [1.82, 2.24) is 4.98 Å². The number of ketones is 1. The van der Waals surface area contributed by atoms with E-state index in [9.17, 15) is 4.79 Å². The fourth-order valence-electron chi connectivity index (χ4n) is 1.56. The van der Waals surface area contributed by atoms with Gasteiger partial charge in [0.25, 0.3) is 0 Å². The molecule has 86 valence electrons. The summed E-state index contributed by atoms with van der Waals surface area (Å²) in [5.74, 6) is -0.0469. The summed E-state index contributed by atoms with van der Waals surface area (Å²) in [6.45, 7) is 0. The Morgan fingerprint density at radius 2 is 1.82 bits per heavy atom. The molecule has 17 heavy (non-hydrogen) atoms. The second-order valence-electron chi connectivity index (χ2n) is 3.99. The molecular weight excluding hydrogens is 212 g/mol. The van der Waals surface area contributed by atoms with Crippen LogP contribution < -0.4 is 4.90 Å². The van der Waals surface area contributed by atoms with Gasteiger partial charge in [0.1, 0.15) is 5.69 Å². The summed E-state index contributed by atoms with van der Waals surface area (Å²) >= 11 is 0. The fourth-order valence-corrected chi connectivity index (χ4v) is 1.56. The van der Waals surface area contributed by atoms with E-state index in [2.05, 4.69) is 4.98 Å². The van der Waals surface area contributed by atoms with Crippen LogP contribution in [-0.2, 0) is 0 Å². The van der Waals surface area contributed by atoms with Crippen molar-refractivity contribution >= 4 is 11.5 Å². The van der Waals surface area contributed by atoms with Crippen molar-refractivity contribution in [3.8, 4) is 0 Å². The van der Waals surface area contributed by atoms with Crippen LogP contribution in [0.25, 0.3) is 0 Å². The van der Waals surface area contributed by atoms with Crippen LogP contribution in [0, 0.1) is 0 Å².